The van der Waals surface area contributed by atoms with Gasteiger partial charge in [-0.3, -0.25) is 4.90 Å². The zero-order valence-corrected chi connectivity index (χ0v) is 15.1. The summed E-state index contributed by atoms with van der Waals surface area (Å²) in [6.45, 7) is 11.6. The van der Waals surface area contributed by atoms with Gasteiger partial charge in [-0.25, -0.2) is 4.79 Å². The lowest BCUT2D eigenvalue weighted by atomic mass is 10.0. The first-order chi connectivity index (χ1) is 11.0. The Hall–Kier alpha value is -1.75. The molecule has 1 aromatic carbocycles. The number of rotatable bonds is 9. The lowest BCUT2D eigenvalue weighted by Crippen LogP contribution is -2.43. The smallest absolute Gasteiger partial charge is 0.314 e. The Labute approximate surface area is 140 Å². The van der Waals surface area contributed by atoms with Crippen LogP contribution in [0.25, 0.3) is 0 Å². The number of benzene rings is 1. The first kappa shape index (κ1) is 19.3. The number of urea groups is 1. The minimum absolute atomic E-state index is 0.107. The van der Waals surface area contributed by atoms with Gasteiger partial charge in [0, 0.05) is 13.1 Å². The minimum Gasteiger partial charge on any atom is -0.497 e. The Kier molecular flexibility index (Phi) is 8.48. The number of carbonyl (C=O) groups is 1. The molecule has 1 rings (SSSR count). The van der Waals surface area contributed by atoms with E-state index >= 15 is 0 Å². The standard InChI is InChI=1S/C18H31N3O2/c1-6-21(7-2)17(13-20-18(22)19-12-14(3)4)15-8-10-16(23-5)11-9-15/h8-11,14,17H,6-7,12-13H2,1-5H3,(H2,19,20,22). The van der Waals surface area contributed by atoms with E-state index < -0.39 is 0 Å². The molecule has 0 aromatic heterocycles. The zero-order valence-electron chi connectivity index (χ0n) is 15.1. The van der Waals surface area contributed by atoms with Crippen molar-refractivity contribution in [2.24, 2.45) is 5.92 Å². The van der Waals surface area contributed by atoms with Crippen LogP contribution in [0.2, 0.25) is 0 Å². The van der Waals surface area contributed by atoms with Crippen LogP contribution in [0.1, 0.15) is 39.3 Å². The van der Waals surface area contributed by atoms with Crippen molar-refractivity contribution in [2.75, 3.05) is 33.3 Å². The van der Waals surface area contributed by atoms with E-state index in [1.165, 1.54) is 5.56 Å². The lowest BCUT2D eigenvalue weighted by Gasteiger charge is -2.30. The van der Waals surface area contributed by atoms with E-state index in [2.05, 4.69) is 55.4 Å². The highest BCUT2D eigenvalue weighted by Crippen LogP contribution is 2.22. The van der Waals surface area contributed by atoms with E-state index in [4.69, 9.17) is 4.74 Å². The van der Waals surface area contributed by atoms with Gasteiger partial charge in [-0.15, -0.1) is 0 Å². The molecular weight excluding hydrogens is 290 g/mol. The Morgan fingerprint density at radius 1 is 1.09 bits per heavy atom. The predicted molar refractivity (Wildman–Crippen MR) is 94.9 cm³/mol. The number of likely N-dealkylation sites (N-methyl/N-ethyl adjacent to an activating group) is 1. The second kappa shape index (κ2) is 10.1. The van der Waals surface area contributed by atoms with Crippen LogP contribution in [-0.2, 0) is 0 Å². The SMILES string of the molecule is CCN(CC)C(CNC(=O)NCC(C)C)c1ccc(OC)cc1. The van der Waals surface area contributed by atoms with E-state index in [9.17, 15) is 4.79 Å². The van der Waals surface area contributed by atoms with E-state index in [1.807, 2.05) is 12.1 Å². The van der Waals surface area contributed by atoms with E-state index in [1.54, 1.807) is 7.11 Å². The number of ether oxygens (including phenoxy) is 1. The average Bonchev–Trinajstić information content (AvgIpc) is 2.57. The highest BCUT2D eigenvalue weighted by Gasteiger charge is 2.19. The highest BCUT2D eigenvalue weighted by atomic mass is 16.5. The van der Waals surface area contributed by atoms with Gasteiger partial charge in [-0.05, 0) is 36.7 Å². The molecule has 0 spiro atoms. The molecule has 1 aromatic rings. The maximum atomic E-state index is 11.9. The van der Waals surface area contributed by atoms with Gasteiger partial charge >= 0.3 is 6.03 Å². The van der Waals surface area contributed by atoms with Crippen molar-refractivity contribution in [1.29, 1.82) is 0 Å². The monoisotopic (exact) mass is 321 g/mol. The average molecular weight is 321 g/mol. The molecule has 0 fully saturated rings. The van der Waals surface area contributed by atoms with Gasteiger partial charge in [0.25, 0.3) is 0 Å². The third-order valence-electron chi connectivity index (χ3n) is 3.88. The van der Waals surface area contributed by atoms with Crippen molar-refractivity contribution >= 4 is 6.03 Å². The number of nitrogens with one attached hydrogen (secondary N) is 2. The Morgan fingerprint density at radius 2 is 1.65 bits per heavy atom. The fraction of sp³-hybridized carbons (Fsp3) is 0.611. The molecule has 0 aliphatic carbocycles. The van der Waals surface area contributed by atoms with Crippen molar-refractivity contribution in [3.63, 3.8) is 0 Å². The van der Waals surface area contributed by atoms with Gasteiger partial charge in [0.1, 0.15) is 5.75 Å². The summed E-state index contributed by atoms with van der Waals surface area (Å²) in [6, 6.07) is 8.10. The number of amides is 2. The van der Waals surface area contributed by atoms with Crippen LogP contribution >= 0.6 is 0 Å². The summed E-state index contributed by atoms with van der Waals surface area (Å²) in [5.74, 6) is 1.29. The van der Waals surface area contributed by atoms with E-state index in [0.29, 0.717) is 19.0 Å². The molecule has 1 atom stereocenters. The Bertz CT molecular complexity index is 456. The van der Waals surface area contributed by atoms with Gasteiger partial charge in [0.15, 0.2) is 0 Å². The maximum absolute atomic E-state index is 11.9. The normalized spacial score (nSPS) is 12.3. The minimum atomic E-state index is -0.107. The number of carbonyl (C=O) groups excluding carboxylic acids is 1. The topological polar surface area (TPSA) is 53.6 Å². The van der Waals surface area contributed by atoms with Crippen LogP contribution in [0.3, 0.4) is 0 Å². The fourth-order valence-corrected chi connectivity index (χ4v) is 2.50. The first-order valence-corrected chi connectivity index (χ1v) is 8.41. The quantitative estimate of drug-likeness (QED) is 0.735. The molecule has 0 aliphatic rings. The predicted octanol–water partition coefficient (Wildman–Crippen LogP) is 3.03. The molecule has 5 nitrogen and oxygen atoms in total. The molecule has 0 saturated carbocycles. The van der Waals surface area contributed by atoms with Crippen molar-refractivity contribution in [3.8, 4) is 5.75 Å². The molecule has 23 heavy (non-hydrogen) atoms. The molecule has 0 saturated heterocycles. The van der Waals surface area contributed by atoms with E-state index in [0.717, 1.165) is 18.8 Å². The van der Waals surface area contributed by atoms with Crippen molar-refractivity contribution in [3.05, 3.63) is 29.8 Å². The molecule has 0 radical (unpaired) electrons. The highest BCUT2D eigenvalue weighted by molar-refractivity contribution is 5.73. The third-order valence-corrected chi connectivity index (χ3v) is 3.88. The van der Waals surface area contributed by atoms with Crippen LogP contribution in [0.5, 0.6) is 5.75 Å². The molecule has 0 bridgehead atoms. The summed E-state index contributed by atoms with van der Waals surface area (Å²) in [7, 11) is 1.66. The molecule has 5 heteroatoms. The van der Waals surface area contributed by atoms with Crippen LogP contribution in [0, 0.1) is 5.92 Å². The van der Waals surface area contributed by atoms with Crippen molar-refractivity contribution < 1.29 is 9.53 Å². The number of hydrogen-bond donors (Lipinski definition) is 2. The summed E-state index contributed by atoms with van der Waals surface area (Å²) in [6.07, 6.45) is 0. The van der Waals surface area contributed by atoms with Crippen molar-refractivity contribution in [1.82, 2.24) is 15.5 Å². The summed E-state index contributed by atoms with van der Waals surface area (Å²) in [4.78, 5) is 14.3. The summed E-state index contributed by atoms with van der Waals surface area (Å²) >= 11 is 0. The Morgan fingerprint density at radius 3 is 2.13 bits per heavy atom. The van der Waals surface area contributed by atoms with Crippen LogP contribution in [0.4, 0.5) is 4.79 Å². The zero-order chi connectivity index (χ0) is 17.2. The van der Waals surface area contributed by atoms with Gasteiger partial charge in [0.05, 0.1) is 13.2 Å². The molecule has 130 valence electrons. The largest absolute Gasteiger partial charge is 0.497 e. The van der Waals surface area contributed by atoms with Crippen LogP contribution in [-0.4, -0.2) is 44.2 Å². The van der Waals surface area contributed by atoms with Gasteiger partial charge in [-0.1, -0.05) is 39.8 Å². The molecule has 2 N–H and O–H groups in total. The summed E-state index contributed by atoms with van der Waals surface area (Å²) < 4.78 is 5.22. The Balaban J connectivity index is 2.74. The number of hydrogen-bond acceptors (Lipinski definition) is 3. The lowest BCUT2D eigenvalue weighted by molar-refractivity contribution is 0.205. The van der Waals surface area contributed by atoms with Gasteiger partial charge in [0.2, 0.25) is 0 Å². The number of nitrogens with zero attached hydrogens (tertiary/aromatic N) is 1. The van der Waals surface area contributed by atoms with Gasteiger partial charge < -0.3 is 15.4 Å². The summed E-state index contributed by atoms with van der Waals surface area (Å²) in [5.41, 5.74) is 1.18. The molecule has 1 unspecified atom stereocenters. The second-order valence-corrected chi connectivity index (χ2v) is 5.99. The van der Waals surface area contributed by atoms with Crippen LogP contribution < -0.4 is 15.4 Å². The van der Waals surface area contributed by atoms with Crippen LogP contribution in [0.15, 0.2) is 24.3 Å². The molecular formula is C18H31N3O2. The van der Waals surface area contributed by atoms with Gasteiger partial charge in [-0.2, -0.15) is 0 Å². The number of methoxy groups -OCH3 is 1. The third kappa shape index (κ3) is 6.48. The van der Waals surface area contributed by atoms with E-state index in [-0.39, 0.29) is 12.1 Å². The first-order valence-electron chi connectivity index (χ1n) is 8.41. The summed E-state index contributed by atoms with van der Waals surface area (Å²) in [5, 5.41) is 5.88. The second-order valence-electron chi connectivity index (χ2n) is 5.99. The molecule has 0 heterocycles. The molecule has 0 aliphatic heterocycles. The molecule has 2 amide bonds. The fourth-order valence-electron chi connectivity index (χ4n) is 2.50. The maximum Gasteiger partial charge on any atom is 0.314 e. The van der Waals surface area contributed by atoms with Crippen molar-refractivity contribution in [2.45, 2.75) is 33.7 Å².